The van der Waals surface area contributed by atoms with Crippen molar-refractivity contribution in [3.05, 3.63) is 0 Å². The van der Waals surface area contributed by atoms with Crippen molar-refractivity contribution in [1.82, 2.24) is 8.12 Å². The molecule has 0 amide bonds. The lowest BCUT2D eigenvalue weighted by molar-refractivity contribution is 0.145. The smallest absolute Gasteiger partial charge is 0.0348 e. The minimum Gasteiger partial charge on any atom is -0.268 e. The summed E-state index contributed by atoms with van der Waals surface area (Å²) in [6.07, 6.45) is 0. The van der Waals surface area contributed by atoms with Crippen molar-refractivity contribution in [2.24, 2.45) is 5.84 Å². The van der Waals surface area contributed by atoms with Gasteiger partial charge in [-0.05, 0) is 6.92 Å². The highest BCUT2D eigenvalue weighted by Gasteiger charge is 2.18. The first-order valence-electron chi connectivity index (χ1n) is 3.12. The third kappa shape index (κ3) is 2.03. The molecule has 0 bridgehead atoms. The minimum atomic E-state index is 0.510. The number of hydrazine groups is 1. The molecule has 1 aliphatic rings. The number of nitrogens with zero attached hydrogens (tertiary/aromatic N) is 2. The summed E-state index contributed by atoms with van der Waals surface area (Å²) < 4.78 is 2.27. The summed E-state index contributed by atoms with van der Waals surface area (Å²) in [6, 6.07) is 0.510. The van der Waals surface area contributed by atoms with Crippen LogP contribution in [0, 0.1) is 0 Å². The van der Waals surface area contributed by atoms with E-state index in [-0.39, 0.29) is 0 Å². The fourth-order valence-electron chi connectivity index (χ4n) is 0.927. The zero-order valence-corrected chi connectivity index (χ0v) is 7.71. The van der Waals surface area contributed by atoms with Crippen molar-refractivity contribution >= 4 is 22.9 Å². The molecule has 0 spiro atoms. The van der Waals surface area contributed by atoms with Crippen LogP contribution in [0.5, 0.6) is 0 Å². The van der Waals surface area contributed by atoms with E-state index in [4.69, 9.17) is 5.84 Å². The number of hydrogen-bond donors (Lipinski definition) is 1. The Kier molecular flexibility index (Phi) is 2.69. The standard InChI is InChI=1S/C5H12IN3/c1-5-4-8(6)2-3-9(5)7/h5H,2-4,7H2,1H3/t5-/m1/s1. The first-order chi connectivity index (χ1) is 4.20. The zero-order valence-electron chi connectivity index (χ0n) is 5.55. The Morgan fingerprint density at radius 2 is 2.22 bits per heavy atom. The monoisotopic (exact) mass is 241 g/mol. The highest BCUT2D eigenvalue weighted by molar-refractivity contribution is 14.1. The molecule has 54 valence electrons. The number of halogens is 1. The molecule has 1 atom stereocenters. The fourth-order valence-corrected chi connectivity index (χ4v) is 1.71. The first-order valence-corrected chi connectivity index (χ1v) is 4.08. The molecule has 1 fully saturated rings. The van der Waals surface area contributed by atoms with Crippen molar-refractivity contribution in [2.75, 3.05) is 19.6 Å². The Morgan fingerprint density at radius 3 is 2.67 bits per heavy atom. The molecule has 0 aliphatic carbocycles. The number of piperazine rings is 1. The maximum Gasteiger partial charge on any atom is 0.0348 e. The first kappa shape index (κ1) is 7.71. The molecule has 1 heterocycles. The zero-order chi connectivity index (χ0) is 6.85. The van der Waals surface area contributed by atoms with Crippen LogP contribution in [-0.4, -0.2) is 33.8 Å². The van der Waals surface area contributed by atoms with Crippen LogP contribution in [0.15, 0.2) is 0 Å². The van der Waals surface area contributed by atoms with Crippen LogP contribution in [0.25, 0.3) is 0 Å². The Labute approximate surface area is 69.6 Å². The highest BCUT2D eigenvalue weighted by Crippen LogP contribution is 2.08. The van der Waals surface area contributed by atoms with Gasteiger partial charge in [-0.25, -0.2) is 8.12 Å². The molecule has 3 nitrogen and oxygen atoms in total. The van der Waals surface area contributed by atoms with E-state index >= 15 is 0 Å². The SMILES string of the molecule is C[C@@H]1CN(I)CCN1N. The molecule has 9 heavy (non-hydrogen) atoms. The van der Waals surface area contributed by atoms with Gasteiger partial charge in [0.1, 0.15) is 0 Å². The van der Waals surface area contributed by atoms with E-state index in [1.807, 2.05) is 5.01 Å². The third-order valence-corrected chi connectivity index (χ3v) is 2.51. The van der Waals surface area contributed by atoms with Gasteiger partial charge >= 0.3 is 0 Å². The molecular formula is C5H12IN3. The molecule has 2 N–H and O–H groups in total. The second-order valence-corrected chi connectivity index (χ2v) is 3.82. The van der Waals surface area contributed by atoms with Gasteiger partial charge in [0.15, 0.2) is 0 Å². The Morgan fingerprint density at radius 1 is 1.56 bits per heavy atom. The molecule has 1 saturated heterocycles. The summed E-state index contributed by atoms with van der Waals surface area (Å²) in [4.78, 5) is 0. The normalized spacial score (nSPS) is 33.0. The molecule has 1 aliphatic heterocycles. The van der Waals surface area contributed by atoms with Crippen molar-refractivity contribution in [2.45, 2.75) is 13.0 Å². The number of rotatable bonds is 0. The predicted octanol–water partition coefficient (Wildman–Crippen LogP) is 0.216. The van der Waals surface area contributed by atoms with E-state index in [1.165, 1.54) is 0 Å². The number of hydrogen-bond acceptors (Lipinski definition) is 3. The van der Waals surface area contributed by atoms with Crippen LogP contribution < -0.4 is 5.84 Å². The molecule has 0 aromatic heterocycles. The van der Waals surface area contributed by atoms with Gasteiger partial charge in [0.2, 0.25) is 0 Å². The number of nitrogens with two attached hydrogens (primary N) is 1. The molecule has 0 unspecified atom stereocenters. The van der Waals surface area contributed by atoms with Crippen LogP contribution in [0.4, 0.5) is 0 Å². The van der Waals surface area contributed by atoms with Gasteiger partial charge in [0.25, 0.3) is 0 Å². The lowest BCUT2D eigenvalue weighted by Crippen LogP contribution is -2.51. The topological polar surface area (TPSA) is 32.5 Å². The van der Waals surface area contributed by atoms with Crippen molar-refractivity contribution in [1.29, 1.82) is 0 Å². The predicted molar refractivity (Wildman–Crippen MR) is 45.9 cm³/mol. The van der Waals surface area contributed by atoms with E-state index < -0.39 is 0 Å². The minimum absolute atomic E-state index is 0.510. The van der Waals surface area contributed by atoms with E-state index in [2.05, 4.69) is 32.9 Å². The molecule has 4 heteroatoms. The lowest BCUT2D eigenvalue weighted by Gasteiger charge is -2.33. The van der Waals surface area contributed by atoms with E-state index in [0.717, 1.165) is 19.6 Å². The van der Waals surface area contributed by atoms with Crippen molar-refractivity contribution in [3.8, 4) is 0 Å². The fraction of sp³-hybridized carbons (Fsp3) is 1.00. The van der Waals surface area contributed by atoms with Crippen molar-refractivity contribution in [3.63, 3.8) is 0 Å². The molecular weight excluding hydrogens is 229 g/mol. The largest absolute Gasteiger partial charge is 0.268 e. The Balaban J connectivity index is 2.35. The summed E-state index contributed by atoms with van der Waals surface area (Å²) in [5.41, 5.74) is 0. The molecule has 0 aromatic carbocycles. The second-order valence-electron chi connectivity index (χ2n) is 2.46. The van der Waals surface area contributed by atoms with Gasteiger partial charge < -0.3 is 0 Å². The highest BCUT2D eigenvalue weighted by atomic mass is 127. The van der Waals surface area contributed by atoms with Crippen LogP contribution in [-0.2, 0) is 0 Å². The molecule has 0 aromatic rings. The Hall–Kier alpha value is 0.610. The molecule has 0 radical (unpaired) electrons. The van der Waals surface area contributed by atoms with E-state index in [9.17, 15) is 0 Å². The maximum absolute atomic E-state index is 5.64. The van der Waals surface area contributed by atoms with Gasteiger partial charge in [-0.2, -0.15) is 0 Å². The average molecular weight is 241 g/mol. The molecule has 1 rings (SSSR count). The van der Waals surface area contributed by atoms with Crippen molar-refractivity contribution < 1.29 is 0 Å². The second kappa shape index (κ2) is 3.14. The summed E-state index contributed by atoms with van der Waals surface area (Å²) in [6.45, 7) is 5.30. The van der Waals surface area contributed by atoms with E-state index in [0.29, 0.717) is 6.04 Å². The van der Waals surface area contributed by atoms with Gasteiger partial charge in [-0.15, -0.1) is 0 Å². The average Bonchev–Trinajstić information content (AvgIpc) is 1.80. The Bertz CT molecular complexity index is 98.2. The summed E-state index contributed by atoms with van der Waals surface area (Å²) in [5, 5.41) is 1.90. The lowest BCUT2D eigenvalue weighted by atomic mass is 10.3. The van der Waals surface area contributed by atoms with Crippen LogP contribution in [0.3, 0.4) is 0 Å². The van der Waals surface area contributed by atoms with Crippen LogP contribution in [0.2, 0.25) is 0 Å². The van der Waals surface area contributed by atoms with Gasteiger partial charge in [0.05, 0.1) is 0 Å². The van der Waals surface area contributed by atoms with E-state index in [1.54, 1.807) is 0 Å². The van der Waals surface area contributed by atoms with Gasteiger partial charge in [-0.3, -0.25) is 5.84 Å². The van der Waals surface area contributed by atoms with Gasteiger partial charge in [-0.1, -0.05) is 0 Å². The van der Waals surface area contributed by atoms with Crippen LogP contribution in [0.1, 0.15) is 6.92 Å². The maximum atomic E-state index is 5.64. The van der Waals surface area contributed by atoms with Crippen LogP contribution >= 0.6 is 22.9 Å². The van der Waals surface area contributed by atoms with Gasteiger partial charge in [0, 0.05) is 48.5 Å². The summed E-state index contributed by atoms with van der Waals surface area (Å²) >= 11 is 2.33. The quantitative estimate of drug-likeness (QED) is 0.374. The third-order valence-electron chi connectivity index (χ3n) is 1.63. The summed E-state index contributed by atoms with van der Waals surface area (Å²) in [5.74, 6) is 5.64. The summed E-state index contributed by atoms with van der Waals surface area (Å²) in [7, 11) is 0. The molecule has 0 saturated carbocycles.